The van der Waals surface area contributed by atoms with Crippen molar-refractivity contribution in [3.8, 4) is 23.0 Å². The van der Waals surface area contributed by atoms with E-state index in [1.807, 2.05) is 0 Å². The van der Waals surface area contributed by atoms with Gasteiger partial charge in [0.25, 0.3) is 0 Å². The zero-order valence-electron chi connectivity index (χ0n) is 10.2. The summed E-state index contributed by atoms with van der Waals surface area (Å²) in [5.74, 6) is -1.05. The van der Waals surface area contributed by atoms with Gasteiger partial charge in [-0.2, -0.15) is 4.98 Å². The third-order valence-electron chi connectivity index (χ3n) is 2.65. The molecule has 106 valence electrons. The van der Waals surface area contributed by atoms with Crippen LogP contribution in [0.5, 0.6) is 5.88 Å². The summed E-state index contributed by atoms with van der Waals surface area (Å²) in [6.07, 6.45) is 2.70. The maximum absolute atomic E-state index is 14.4. The Labute approximate surface area is 127 Å². The van der Waals surface area contributed by atoms with Crippen LogP contribution in [0, 0.1) is 5.82 Å². The van der Waals surface area contributed by atoms with Gasteiger partial charge in [-0.3, -0.25) is 0 Å². The first-order chi connectivity index (χ1) is 10.1. The lowest BCUT2D eigenvalue weighted by Gasteiger charge is -2.10. The van der Waals surface area contributed by atoms with Gasteiger partial charge >= 0.3 is 0 Å². The summed E-state index contributed by atoms with van der Waals surface area (Å²) in [6, 6.07) is 4.17. The summed E-state index contributed by atoms with van der Waals surface area (Å²) in [6.45, 7) is 0. The average Bonchev–Trinajstić information content (AvgIpc) is 2.88. The summed E-state index contributed by atoms with van der Waals surface area (Å²) in [7, 11) is 0. The van der Waals surface area contributed by atoms with Crippen molar-refractivity contribution in [2.24, 2.45) is 0 Å². The Bertz CT molecular complexity index is 823. The molecule has 0 amide bonds. The molecule has 0 unspecified atom stereocenters. The van der Waals surface area contributed by atoms with Crippen molar-refractivity contribution in [3.63, 3.8) is 0 Å². The van der Waals surface area contributed by atoms with Gasteiger partial charge in [-0.25, -0.2) is 14.1 Å². The third-order valence-corrected chi connectivity index (χ3v) is 3.11. The number of hydrogen-bond donors (Lipinski definition) is 1. The van der Waals surface area contributed by atoms with Crippen LogP contribution in [0.25, 0.3) is 17.1 Å². The Morgan fingerprint density at radius 2 is 2.00 bits per heavy atom. The Morgan fingerprint density at radius 3 is 2.67 bits per heavy atom. The molecule has 0 bridgehead atoms. The second-order valence-electron chi connectivity index (χ2n) is 3.98. The number of nitrogens with zero attached hydrogens (tertiary/aromatic N) is 5. The first kappa shape index (κ1) is 13.7. The number of halogens is 3. The van der Waals surface area contributed by atoms with E-state index in [-0.39, 0.29) is 27.4 Å². The van der Waals surface area contributed by atoms with Crippen molar-refractivity contribution >= 4 is 23.2 Å². The molecule has 0 saturated carbocycles. The van der Waals surface area contributed by atoms with E-state index in [0.717, 1.165) is 0 Å². The van der Waals surface area contributed by atoms with E-state index in [1.165, 1.54) is 35.3 Å². The molecule has 2 heterocycles. The van der Waals surface area contributed by atoms with Crippen LogP contribution in [0.2, 0.25) is 10.2 Å². The lowest BCUT2D eigenvalue weighted by molar-refractivity contribution is 0.452. The van der Waals surface area contributed by atoms with E-state index >= 15 is 0 Å². The highest BCUT2D eigenvalue weighted by Crippen LogP contribution is 2.32. The van der Waals surface area contributed by atoms with Crippen molar-refractivity contribution in [2.75, 3.05) is 0 Å². The number of aromatic hydroxyl groups is 1. The topological polar surface area (TPSA) is 76.7 Å². The van der Waals surface area contributed by atoms with Crippen LogP contribution >= 0.6 is 23.2 Å². The van der Waals surface area contributed by atoms with Gasteiger partial charge in [-0.1, -0.05) is 28.4 Å². The fourth-order valence-corrected chi connectivity index (χ4v) is 2.06. The van der Waals surface area contributed by atoms with Gasteiger partial charge in [0.2, 0.25) is 5.88 Å². The molecule has 0 spiro atoms. The summed E-state index contributed by atoms with van der Waals surface area (Å²) in [5.41, 5.74) is 0.280. The van der Waals surface area contributed by atoms with Gasteiger partial charge in [0.15, 0.2) is 16.8 Å². The summed E-state index contributed by atoms with van der Waals surface area (Å²) >= 11 is 11.5. The second-order valence-corrected chi connectivity index (χ2v) is 4.77. The molecular formula is C12H6Cl2FN5O. The predicted molar refractivity (Wildman–Crippen MR) is 74.0 cm³/mol. The van der Waals surface area contributed by atoms with Crippen molar-refractivity contribution in [2.45, 2.75) is 0 Å². The Morgan fingerprint density at radius 1 is 1.19 bits per heavy atom. The van der Waals surface area contributed by atoms with Crippen LogP contribution in [-0.4, -0.2) is 30.1 Å². The quantitative estimate of drug-likeness (QED) is 0.783. The fourth-order valence-electron chi connectivity index (χ4n) is 1.77. The first-order valence-electron chi connectivity index (χ1n) is 5.65. The van der Waals surface area contributed by atoms with Crippen LogP contribution in [-0.2, 0) is 0 Å². The molecule has 0 fully saturated rings. The van der Waals surface area contributed by atoms with Gasteiger partial charge in [0.05, 0.1) is 22.5 Å². The standard InChI is InChI=1S/C12H6Cl2FN5O/c13-6-1-2-7(20-5-8(14)18-19-20)10(11(6)15)12-16-4-3-9(21)17-12/h1-5H,(H,16,17,21). The van der Waals surface area contributed by atoms with E-state index in [9.17, 15) is 9.50 Å². The van der Waals surface area contributed by atoms with Gasteiger partial charge in [-0.15, -0.1) is 5.10 Å². The average molecular weight is 326 g/mol. The smallest absolute Gasteiger partial charge is 0.214 e. The minimum Gasteiger partial charge on any atom is -0.493 e. The molecule has 0 atom stereocenters. The lowest BCUT2D eigenvalue weighted by atomic mass is 10.1. The maximum Gasteiger partial charge on any atom is 0.214 e. The van der Waals surface area contributed by atoms with Crippen molar-refractivity contribution < 1.29 is 9.50 Å². The highest BCUT2D eigenvalue weighted by atomic mass is 35.5. The van der Waals surface area contributed by atoms with Gasteiger partial charge < -0.3 is 5.11 Å². The van der Waals surface area contributed by atoms with Gasteiger partial charge in [0, 0.05) is 12.3 Å². The van der Waals surface area contributed by atoms with E-state index in [4.69, 9.17) is 23.2 Å². The zero-order chi connectivity index (χ0) is 15.0. The van der Waals surface area contributed by atoms with Crippen LogP contribution < -0.4 is 0 Å². The van der Waals surface area contributed by atoms with Crippen molar-refractivity contribution in [1.82, 2.24) is 25.0 Å². The van der Waals surface area contributed by atoms with E-state index in [2.05, 4.69) is 20.3 Å². The Hall–Kier alpha value is -2.25. The molecule has 2 aromatic heterocycles. The van der Waals surface area contributed by atoms with E-state index in [0.29, 0.717) is 5.69 Å². The van der Waals surface area contributed by atoms with E-state index < -0.39 is 5.82 Å². The highest BCUT2D eigenvalue weighted by molar-refractivity contribution is 6.31. The lowest BCUT2D eigenvalue weighted by Crippen LogP contribution is -2.03. The van der Waals surface area contributed by atoms with Crippen molar-refractivity contribution in [1.29, 1.82) is 0 Å². The SMILES string of the molecule is Oc1ccnc(-c2c(-n3cc(Cl)nn3)ccc(Cl)c2F)n1. The molecule has 3 aromatic rings. The minimum atomic E-state index is -0.730. The van der Waals surface area contributed by atoms with Crippen LogP contribution in [0.4, 0.5) is 4.39 Å². The molecule has 21 heavy (non-hydrogen) atoms. The molecule has 1 aromatic carbocycles. The van der Waals surface area contributed by atoms with Crippen LogP contribution in [0.3, 0.4) is 0 Å². The van der Waals surface area contributed by atoms with Crippen molar-refractivity contribution in [3.05, 3.63) is 46.6 Å². The number of rotatable bonds is 2. The van der Waals surface area contributed by atoms with Gasteiger partial charge in [-0.05, 0) is 12.1 Å². The Kier molecular flexibility index (Phi) is 3.44. The number of aromatic nitrogens is 5. The van der Waals surface area contributed by atoms with Crippen LogP contribution in [0.15, 0.2) is 30.6 Å². The molecule has 3 rings (SSSR count). The molecule has 0 aliphatic carbocycles. The fraction of sp³-hybridized carbons (Fsp3) is 0. The molecule has 9 heteroatoms. The third kappa shape index (κ3) is 2.53. The molecule has 0 radical (unpaired) electrons. The zero-order valence-corrected chi connectivity index (χ0v) is 11.7. The largest absolute Gasteiger partial charge is 0.493 e. The van der Waals surface area contributed by atoms with Gasteiger partial charge in [0.1, 0.15) is 0 Å². The molecule has 0 saturated heterocycles. The van der Waals surface area contributed by atoms with Crippen LogP contribution in [0.1, 0.15) is 0 Å². The minimum absolute atomic E-state index is 0.0139. The Balaban J connectivity index is 2.29. The molecular weight excluding hydrogens is 320 g/mol. The second kappa shape index (κ2) is 5.27. The normalized spacial score (nSPS) is 10.8. The maximum atomic E-state index is 14.4. The monoisotopic (exact) mass is 325 g/mol. The number of hydrogen-bond acceptors (Lipinski definition) is 5. The predicted octanol–water partition coefficient (Wildman–Crippen LogP) is 2.88. The summed E-state index contributed by atoms with van der Waals surface area (Å²) < 4.78 is 15.7. The number of benzene rings is 1. The van der Waals surface area contributed by atoms with E-state index in [1.54, 1.807) is 0 Å². The summed E-state index contributed by atoms with van der Waals surface area (Å²) in [4.78, 5) is 7.73. The highest BCUT2D eigenvalue weighted by Gasteiger charge is 2.19. The molecule has 0 aliphatic heterocycles. The molecule has 6 nitrogen and oxygen atoms in total. The summed E-state index contributed by atoms with van der Waals surface area (Å²) in [5, 5.41) is 16.9. The first-order valence-corrected chi connectivity index (χ1v) is 6.40. The molecule has 1 N–H and O–H groups in total. The molecule has 0 aliphatic rings.